The number of para-hydroxylation sites is 1. The van der Waals surface area contributed by atoms with E-state index in [0.717, 1.165) is 17.8 Å². The Morgan fingerprint density at radius 1 is 1.05 bits per heavy atom. The number of anilines is 2. The molecule has 0 bridgehead atoms. The van der Waals surface area contributed by atoms with Gasteiger partial charge in [-0.15, -0.1) is 0 Å². The van der Waals surface area contributed by atoms with Crippen LogP contribution in [0.4, 0.5) is 20.4 Å². The lowest BCUT2D eigenvalue weighted by atomic mass is 10.2. The predicted octanol–water partition coefficient (Wildman–Crippen LogP) is 3.95. The van der Waals surface area contributed by atoms with Crippen LogP contribution in [0, 0.1) is 11.6 Å². The molecule has 21 heavy (non-hydrogen) atoms. The first kappa shape index (κ1) is 13.3. The van der Waals surface area contributed by atoms with E-state index in [4.69, 9.17) is 0 Å². The Morgan fingerprint density at radius 3 is 2.67 bits per heavy atom. The molecular weight excluding hydrogens is 272 g/mol. The number of hydrogen-bond acceptors (Lipinski definition) is 2. The van der Waals surface area contributed by atoms with Gasteiger partial charge in [-0.1, -0.05) is 18.2 Å². The van der Waals surface area contributed by atoms with E-state index in [-0.39, 0.29) is 12.1 Å². The van der Waals surface area contributed by atoms with Crippen LogP contribution in [0.5, 0.6) is 0 Å². The van der Waals surface area contributed by atoms with Crippen molar-refractivity contribution in [2.45, 2.75) is 6.54 Å². The third kappa shape index (κ3) is 3.08. The van der Waals surface area contributed by atoms with Crippen molar-refractivity contribution in [3.05, 3.63) is 78.1 Å². The molecule has 2 aromatic carbocycles. The molecule has 0 fully saturated rings. The highest BCUT2D eigenvalue weighted by atomic mass is 19.1. The number of nitrogens with one attached hydrogen (secondary N) is 1. The van der Waals surface area contributed by atoms with E-state index in [9.17, 15) is 8.78 Å². The van der Waals surface area contributed by atoms with Crippen LogP contribution in [0.3, 0.4) is 0 Å². The van der Waals surface area contributed by atoms with Gasteiger partial charge in [-0.3, -0.25) is 0 Å². The number of aromatic nitrogens is 2. The summed E-state index contributed by atoms with van der Waals surface area (Å²) in [6.45, 7) is 0.207. The quantitative estimate of drug-likeness (QED) is 0.786. The van der Waals surface area contributed by atoms with Gasteiger partial charge >= 0.3 is 0 Å². The van der Waals surface area contributed by atoms with Crippen molar-refractivity contribution in [1.29, 1.82) is 0 Å². The third-order valence-electron chi connectivity index (χ3n) is 3.09. The topological polar surface area (TPSA) is 29.9 Å². The lowest BCUT2D eigenvalue weighted by Gasteiger charge is -2.10. The third-order valence-corrected chi connectivity index (χ3v) is 3.09. The number of halogens is 2. The van der Waals surface area contributed by atoms with Crippen molar-refractivity contribution in [3.8, 4) is 0 Å². The number of hydrogen-bond donors (Lipinski definition) is 1. The van der Waals surface area contributed by atoms with Crippen molar-refractivity contribution in [1.82, 2.24) is 9.55 Å². The van der Waals surface area contributed by atoms with Gasteiger partial charge < -0.3 is 9.88 Å². The Labute approximate surface area is 120 Å². The Hall–Kier alpha value is -2.69. The van der Waals surface area contributed by atoms with E-state index in [1.54, 1.807) is 17.0 Å². The van der Waals surface area contributed by atoms with E-state index >= 15 is 0 Å². The van der Waals surface area contributed by atoms with E-state index < -0.39 is 11.6 Å². The minimum absolute atomic E-state index is 0.207. The number of benzene rings is 2. The summed E-state index contributed by atoms with van der Waals surface area (Å²) in [4.78, 5) is 4.20. The van der Waals surface area contributed by atoms with Crippen molar-refractivity contribution in [3.63, 3.8) is 0 Å². The average Bonchev–Trinajstić information content (AvgIpc) is 2.91. The van der Waals surface area contributed by atoms with Gasteiger partial charge in [0, 0.05) is 23.6 Å². The maximum atomic E-state index is 13.7. The monoisotopic (exact) mass is 285 g/mol. The van der Waals surface area contributed by atoms with Crippen LogP contribution in [0.1, 0.15) is 5.56 Å². The molecule has 0 atom stereocenters. The molecule has 0 unspecified atom stereocenters. The molecule has 5 heteroatoms. The molecule has 0 amide bonds. The first-order valence-corrected chi connectivity index (χ1v) is 6.49. The van der Waals surface area contributed by atoms with Crippen molar-refractivity contribution < 1.29 is 8.78 Å². The minimum atomic E-state index is -0.455. The normalized spacial score (nSPS) is 10.6. The summed E-state index contributed by atoms with van der Waals surface area (Å²) >= 11 is 0. The van der Waals surface area contributed by atoms with E-state index in [1.807, 2.05) is 30.3 Å². The second-order valence-electron chi connectivity index (χ2n) is 4.61. The van der Waals surface area contributed by atoms with Crippen LogP contribution in [0.15, 0.2) is 60.9 Å². The molecule has 0 saturated heterocycles. The summed E-state index contributed by atoms with van der Waals surface area (Å²) in [5.74, 6) is -0.315. The first-order valence-electron chi connectivity index (χ1n) is 6.49. The molecule has 3 nitrogen and oxygen atoms in total. The largest absolute Gasteiger partial charge is 0.326 e. The van der Waals surface area contributed by atoms with Crippen LogP contribution in [0.2, 0.25) is 0 Å². The molecule has 0 saturated carbocycles. The maximum absolute atomic E-state index is 13.7. The van der Waals surface area contributed by atoms with Crippen molar-refractivity contribution in [2.24, 2.45) is 0 Å². The zero-order chi connectivity index (χ0) is 14.7. The van der Waals surface area contributed by atoms with Gasteiger partial charge in [-0.05, 0) is 30.3 Å². The summed E-state index contributed by atoms with van der Waals surface area (Å²) < 4.78 is 28.6. The van der Waals surface area contributed by atoms with Gasteiger partial charge in [-0.25, -0.2) is 13.8 Å². The molecule has 1 N–H and O–H groups in total. The highest BCUT2D eigenvalue weighted by Gasteiger charge is 2.08. The van der Waals surface area contributed by atoms with Crippen LogP contribution in [-0.2, 0) is 6.54 Å². The maximum Gasteiger partial charge on any atom is 0.207 e. The van der Waals surface area contributed by atoms with Crippen LogP contribution >= 0.6 is 0 Å². The summed E-state index contributed by atoms with van der Waals surface area (Å²) in [6.07, 6.45) is 3.33. The van der Waals surface area contributed by atoms with Crippen LogP contribution in [-0.4, -0.2) is 9.55 Å². The summed E-state index contributed by atoms with van der Waals surface area (Å²) in [7, 11) is 0. The summed E-state index contributed by atoms with van der Waals surface area (Å²) in [5, 5.41) is 3.14. The second kappa shape index (κ2) is 5.75. The second-order valence-corrected chi connectivity index (χ2v) is 4.61. The Balaban J connectivity index is 1.84. The molecule has 1 heterocycles. The minimum Gasteiger partial charge on any atom is -0.326 e. The molecule has 0 aliphatic carbocycles. The van der Waals surface area contributed by atoms with Gasteiger partial charge in [0.05, 0.1) is 6.54 Å². The zero-order valence-electron chi connectivity index (χ0n) is 11.1. The van der Waals surface area contributed by atoms with Crippen LogP contribution < -0.4 is 5.32 Å². The van der Waals surface area contributed by atoms with E-state index in [1.165, 1.54) is 6.07 Å². The highest BCUT2D eigenvalue weighted by molar-refractivity contribution is 5.53. The van der Waals surface area contributed by atoms with Crippen molar-refractivity contribution in [2.75, 3.05) is 5.32 Å². The number of nitrogens with zero attached hydrogens (tertiary/aromatic N) is 2. The van der Waals surface area contributed by atoms with Gasteiger partial charge in [0.2, 0.25) is 5.95 Å². The Bertz CT molecular complexity index is 738. The first-order chi connectivity index (χ1) is 10.2. The average molecular weight is 285 g/mol. The molecule has 1 aromatic heterocycles. The zero-order valence-corrected chi connectivity index (χ0v) is 11.1. The fourth-order valence-electron chi connectivity index (χ4n) is 2.06. The van der Waals surface area contributed by atoms with Gasteiger partial charge in [0.15, 0.2) is 0 Å². The smallest absolute Gasteiger partial charge is 0.207 e. The van der Waals surface area contributed by atoms with E-state index in [2.05, 4.69) is 10.3 Å². The molecule has 3 rings (SSSR count). The number of rotatable bonds is 4. The van der Waals surface area contributed by atoms with Gasteiger partial charge in [0.25, 0.3) is 0 Å². The molecular formula is C16H13F2N3. The summed E-state index contributed by atoms with van der Waals surface area (Å²) in [5.41, 5.74) is 1.16. The van der Waals surface area contributed by atoms with E-state index in [0.29, 0.717) is 5.95 Å². The van der Waals surface area contributed by atoms with Crippen molar-refractivity contribution >= 4 is 11.6 Å². The molecule has 0 spiro atoms. The number of imidazole rings is 1. The lowest BCUT2D eigenvalue weighted by molar-refractivity contribution is 0.577. The summed E-state index contributed by atoms with van der Waals surface area (Å²) in [6, 6.07) is 13.0. The molecule has 0 aliphatic rings. The molecule has 0 radical (unpaired) electrons. The van der Waals surface area contributed by atoms with Gasteiger partial charge in [-0.2, -0.15) is 0 Å². The Morgan fingerprint density at radius 2 is 1.86 bits per heavy atom. The Kier molecular flexibility index (Phi) is 3.64. The SMILES string of the molecule is Fc1ccc(F)c(Cn2ccnc2Nc2ccccc2)c1. The molecule has 106 valence electrons. The molecule has 3 aromatic rings. The standard InChI is InChI=1S/C16H13F2N3/c17-13-6-7-15(18)12(10-13)11-21-9-8-19-16(21)20-14-4-2-1-3-5-14/h1-10H,11H2,(H,19,20). The fraction of sp³-hybridized carbons (Fsp3) is 0.0625. The highest BCUT2D eigenvalue weighted by Crippen LogP contribution is 2.17. The fourth-order valence-corrected chi connectivity index (χ4v) is 2.06. The molecule has 0 aliphatic heterocycles. The predicted molar refractivity (Wildman–Crippen MR) is 77.4 cm³/mol. The van der Waals surface area contributed by atoms with Gasteiger partial charge in [0.1, 0.15) is 11.6 Å². The van der Waals surface area contributed by atoms with Crippen LogP contribution in [0.25, 0.3) is 0 Å². The lowest BCUT2D eigenvalue weighted by Crippen LogP contribution is -2.06.